The van der Waals surface area contributed by atoms with Gasteiger partial charge in [0.15, 0.2) is 6.10 Å². The topological polar surface area (TPSA) is 109 Å². The maximum atomic E-state index is 13.1. The fraction of sp³-hybridized carbons (Fsp3) is 0.423. The van der Waals surface area contributed by atoms with E-state index in [1.165, 1.54) is 4.31 Å². The summed E-state index contributed by atoms with van der Waals surface area (Å²) in [7, 11) is -2.04. The Hall–Kier alpha value is -3.26. The highest BCUT2D eigenvalue weighted by molar-refractivity contribution is 7.89. The lowest BCUT2D eigenvalue weighted by Crippen LogP contribution is -2.49. The number of para-hydroxylation sites is 1. The monoisotopic (exact) mass is 509 g/mol. The molecule has 2 heterocycles. The van der Waals surface area contributed by atoms with Crippen LogP contribution in [0.2, 0.25) is 0 Å². The molecule has 2 unspecified atom stereocenters. The SMILES string of the molecule is CCCC(C#N)Oc1nc(C(C)N2CCN(S(=O)(=O)c3ccc(OC)cc3)CC2)nc2ccccc12. The molecule has 1 fully saturated rings. The number of ether oxygens (including phenoxy) is 2. The van der Waals surface area contributed by atoms with E-state index in [4.69, 9.17) is 19.4 Å². The van der Waals surface area contributed by atoms with E-state index in [0.29, 0.717) is 50.1 Å². The summed E-state index contributed by atoms with van der Waals surface area (Å²) in [4.78, 5) is 11.9. The first-order valence-corrected chi connectivity index (χ1v) is 13.5. The summed E-state index contributed by atoms with van der Waals surface area (Å²) < 4.78 is 38.9. The number of nitrogens with zero attached hydrogens (tertiary/aromatic N) is 5. The molecule has 0 radical (unpaired) electrons. The van der Waals surface area contributed by atoms with E-state index in [0.717, 1.165) is 17.3 Å². The van der Waals surface area contributed by atoms with Crippen molar-refractivity contribution in [1.29, 1.82) is 5.26 Å². The molecule has 1 saturated heterocycles. The summed E-state index contributed by atoms with van der Waals surface area (Å²) in [5.74, 6) is 1.61. The van der Waals surface area contributed by atoms with E-state index < -0.39 is 16.1 Å². The molecule has 0 amide bonds. The summed E-state index contributed by atoms with van der Waals surface area (Å²) in [6, 6.07) is 16.1. The Kier molecular flexibility index (Phi) is 8.04. The highest BCUT2D eigenvalue weighted by atomic mass is 32.2. The van der Waals surface area contributed by atoms with Gasteiger partial charge in [0.2, 0.25) is 15.9 Å². The zero-order chi connectivity index (χ0) is 25.7. The van der Waals surface area contributed by atoms with Crippen molar-refractivity contribution in [2.45, 2.75) is 43.7 Å². The van der Waals surface area contributed by atoms with Crippen LogP contribution in [0.25, 0.3) is 10.9 Å². The standard InChI is InChI=1S/C26H31N5O4S/c1-4-7-21(18-27)35-26-23-8-5-6-9-24(23)28-25(29-26)19(2)30-14-16-31(17-15-30)36(32,33)22-12-10-20(34-3)11-13-22/h5-6,8-13,19,21H,4,7,14-17H2,1-3H3. The second-order valence-electron chi connectivity index (χ2n) is 8.72. The van der Waals surface area contributed by atoms with E-state index in [-0.39, 0.29) is 10.9 Å². The molecule has 1 aliphatic heterocycles. The minimum absolute atomic E-state index is 0.158. The average molecular weight is 510 g/mol. The van der Waals surface area contributed by atoms with Crippen LogP contribution in [0.3, 0.4) is 0 Å². The number of benzene rings is 2. The van der Waals surface area contributed by atoms with Gasteiger partial charge in [0, 0.05) is 26.2 Å². The van der Waals surface area contributed by atoms with Crippen molar-refractivity contribution in [3.05, 3.63) is 54.4 Å². The van der Waals surface area contributed by atoms with Crippen LogP contribution in [0.1, 0.15) is 38.6 Å². The van der Waals surface area contributed by atoms with Gasteiger partial charge in [0.25, 0.3) is 0 Å². The Morgan fingerprint density at radius 3 is 2.39 bits per heavy atom. The molecule has 4 rings (SSSR count). The fourth-order valence-electron chi connectivity index (χ4n) is 4.28. The predicted molar refractivity (Wildman–Crippen MR) is 136 cm³/mol. The van der Waals surface area contributed by atoms with Crippen LogP contribution >= 0.6 is 0 Å². The molecule has 36 heavy (non-hydrogen) atoms. The van der Waals surface area contributed by atoms with Crippen molar-refractivity contribution in [1.82, 2.24) is 19.2 Å². The van der Waals surface area contributed by atoms with E-state index in [1.54, 1.807) is 31.4 Å². The van der Waals surface area contributed by atoms with E-state index >= 15 is 0 Å². The highest BCUT2D eigenvalue weighted by Gasteiger charge is 2.31. The van der Waals surface area contributed by atoms with Crippen LogP contribution in [0.4, 0.5) is 0 Å². The molecule has 0 aliphatic carbocycles. The molecule has 3 aromatic rings. The number of aromatic nitrogens is 2. The number of methoxy groups -OCH3 is 1. The number of hydrogen-bond acceptors (Lipinski definition) is 8. The van der Waals surface area contributed by atoms with Gasteiger partial charge in [0.05, 0.1) is 29.0 Å². The molecular formula is C26H31N5O4S. The Balaban J connectivity index is 1.51. The third kappa shape index (κ3) is 5.43. The van der Waals surface area contributed by atoms with Crippen molar-refractivity contribution in [2.75, 3.05) is 33.3 Å². The Morgan fingerprint density at radius 1 is 1.06 bits per heavy atom. The largest absolute Gasteiger partial charge is 0.497 e. The molecule has 1 aromatic heterocycles. The van der Waals surface area contributed by atoms with E-state index in [1.807, 2.05) is 38.1 Å². The summed E-state index contributed by atoms with van der Waals surface area (Å²) in [5.41, 5.74) is 0.748. The normalized spacial score (nSPS) is 16.8. The molecule has 2 atom stereocenters. The van der Waals surface area contributed by atoms with Gasteiger partial charge in [-0.3, -0.25) is 4.90 Å². The Morgan fingerprint density at radius 2 is 1.75 bits per heavy atom. The van der Waals surface area contributed by atoms with Crippen molar-refractivity contribution in [2.24, 2.45) is 0 Å². The van der Waals surface area contributed by atoms with Crippen LogP contribution in [0.15, 0.2) is 53.4 Å². The molecule has 10 heteroatoms. The maximum Gasteiger partial charge on any atom is 0.243 e. The first-order chi connectivity index (χ1) is 17.4. The molecule has 190 valence electrons. The molecule has 0 N–H and O–H groups in total. The molecule has 0 saturated carbocycles. The number of nitriles is 1. The lowest BCUT2D eigenvalue weighted by atomic mass is 10.2. The lowest BCUT2D eigenvalue weighted by molar-refractivity contribution is 0.140. The molecular weight excluding hydrogens is 478 g/mol. The number of piperazine rings is 1. The van der Waals surface area contributed by atoms with Crippen LogP contribution in [0.5, 0.6) is 11.6 Å². The van der Waals surface area contributed by atoms with Gasteiger partial charge < -0.3 is 9.47 Å². The smallest absolute Gasteiger partial charge is 0.243 e. The van der Waals surface area contributed by atoms with Crippen molar-refractivity contribution >= 4 is 20.9 Å². The summed E-state index contributed by atoms with van der Waals surface area (Å²) in [6.07, 6.45) is 0.863. The Labute approximate surface area is 212 Å². The zero-order valence-electron chi connectivity index (χ0n) is 20.8. The maximum absolute atomic E-state index is 13.1. The third-order valence-corrected chi connectivity index (χ3v) is 8.34. The van der Waals surface area contributed by atoms with Gasteiger partial charge in [-0.25, -0.2) is 13.4 Å². The number of rotatable bonds is 9. The fourth-order valence-corrected chi connectivity index (χ4v) is 5.70. The quantitative estimate of drug-likeness (QED) is 0.429. The molecule has 1 aliphatic rings. The third-order valence-electron chi connectivity index (χ3n) is 6.43. The minimum atomic E-state index is -3.59. The van der Waals surface area contributed by atoms with Crippen molar-refractivity contribution < 1.29 is 17.9 Å². The second kappa shape index (κ2) is 11.2. The van der Waals surface area contributed by atoms with Gasteiger partial charge >= 0.3 is 0 Å². The number of sulfonamides is 1. The van der Waals surface area contributed by atoms with Gasteiger partial charge in [0.1, 0.15) is 17.6 Å². The van der Waals surface area contributed by atoms with Crippen LogP contribution in [-0.2, 0) is 10.0 Å². The molecule has 9 nitrogen and oxygen atoms in total. The van der Waals surface area contributed by atoms with Gasteiger partial charge in [-0.2, -0.15) is 14.6 Å². The van der Waals surface area contributed by atoms with Crippen LogP contribution in [-0.4, -0.2) is 67.0 Å². The first kappa shape index (κ1) is 25.8. The molecule has 2 aromatic carbocycles. The second-order valence-corrected chi connectivity index (χ2v) is 10.7. The zero-order valence-corrected chi connectivity index (χ0v) is 21.6. The average Bonchev–Trinajstić information content (AvgIpc) is 2.92. The van der Waals surface area contributed by atoms with Crippen molar-refractivity contribution in [3.8, 4) is 17.7 Å². The van der Waals surface area contributed by atoms with Crippen LogP contribution in [0, 0.1) is 11.3 Å². The summed E-state index contributed by atoms with van der Waals surface area (Å²) >= 11 is 0. The van der Waals surface area contributed by atoms with Gasteiger partial charge in [-0.05, 0) is 49.7 Å². The summed E-state index contributed by atoms with van der Waals surface area (Å²) in [6.45, 7) is 5.83. The lowest BCUT2D eigenvalue weighted by Gasteiger charge is -2.36. The summed E-state index contributed by atoms with van der Waals surface area (Å²) in [5, 5.41) is 10.2. The molecule has 0 spiro atoms. The van der Waals surface area contributed by atoms with Crippen LogP contribution < -0.4 is 9.47 Å². The van der Waals surface area contributed by atoms with E-state index in [9.17, 15) is 13.7 Å². The number of hydrogen-bond donors (Lipinski definition) is 0. The van der Waals surface area contributed by atoms with E-state index in [2.05, 4.69) is 11.0 Å². The van der Waals surface area contributed by atoms with Crippen molar-refractivity contribution in [3.63, 3.8) is 0 Å². The minimum Gasteiger partial charge on any atom is -0.497 e. The van der Waals surface area contributed by atoms with Gasteiger partial charge in [-0.15, -0.1) is 0 Å². The first-order valence-electron chi connectivity index (χ1n) is 12.1. The molecule has 0 bridgehead atoms. The Bertz CT molecular complexity index is 1330. The highest BCUT2D eigenvalue weighted by Crippen LogP contribution is 2.29. The number of fused-ring (bicyclic) bond motifs is 1. The van der Waals surface area contributed by atoms with Gasteiger partial charge in [-0.1, -0.05) is 25.5 Å². The predicted octanol–water partition coefficient (Wildman–Crippen LogP) is 3.78.